The number of aryl methyl sites for hydroxylation is 2. The van der Waals surface area contributed by atoms with Gasteiger partial charge in [0.05, 0.1) is 17.7 Å². The van der Waals surface area contributed by atoms with E-state index in [0.29, 0.717) is 24.1 Å². The van der Waals surface area contributed by atoms with Crippen LogP contribution in [0, 0.1) is 19.3 Å². The number of methoxy groups -OCH3 is 1. The number of Topliss-reactive ketones (excluding diaryl/α,β-unsaturated/α-hetero) is 1. The van der Waals surface area contributed by atoms with Crippen LogP contribution in [0.4, 0.5) is 0 Å². The maximum atomic E-state index is 13.2. The topological polar surface area (TPSA) is 95.5 Å². The van der Waals surface area contributed by atoms with Crippen molar-refractivity contribution >= 4 is 15.8 Å². The Labute approximate surface area is 228 Å². The maximum absolute atomic E-state index is 13.2. The number of ketones is 1. The molecule has 2 heterocycles. The van der Waals surface area contributed by atoms with Gasteiger partial charge < -0.3 is 13.9 Å². The van der Waals surface area contributed by atoms with Gasteiger partial charge in [-0.25, -0.2) is 4.98 Å². The first-order valence-electron chi connectivity index (χ1n) is 12.7. The molecule has 0 unspecified atom stereocenters. The highest BCUT2D eigenvalue weighted by Crippen LogP contribution is 2.40. The summed E-state index contributed by atoms with van der Waals surface area (Å²) >= 11 is 0. The Kier molecular flexibility index (Phi) is 6.58. The van der Waals surface area contributed by atoms with E-state index in [4.69, 9.17) is 4.74 Å². The van der Waals surface area contributed by atoms with Gasteiger partial charge in [-0.1, -0.05) is 13.8 Å². The lowest BCUT2D eigenvalue weighted by atomic mass is 9.76. The highest BCUT2D eigenvalue weighted by Gasteiger charge is 2.35. The summed E-state index contributed by atoms with van der Waals surface area (Å²) in [7, 11) is -0.651. The van der Waals surface area contributed by atoms with Crippen molar-refractivity contribution in [1.82, 2.24) is 14.1 Å². The molecule has 39 heavy (non-hydrogen) atoms. The van der Waals surface area contributed by atoms with Crippen LogP contribution in [-0.4, -0.2) is 35.4 Å². The average Bonchev–Trinajstić information content (AvgIpc) is 3.25. The van der Waals surface area contributed by atoms with Crippen molar-refractivity contribution < 1.29 is 17.9 Å². The zero-order valence-corrected chi connectivity index (χ0v) is 23.8. The van der Waals surface area contributed by atoms with Gasteiger partial charge in [-0.15, -0.1) is 4.40 Å². The molecule has 0 saturated carbocycles. The molecule has 2 aromatic carbocycles. The summed E-state index contributed by atoms with van der Waals surface area (Å²) in [5.41, 5.74) is 5.67. The minimum atomic E-state index is -4.01. The SMILES string of the molecule is COc1ccc(-c2cc3c(n2-c2ccc(S(=O)(=O)N=c4nc(C)cc(C)n4C)cc2)CC(C)(C)CC3=O)cc1. The summed E-state index contributed by atoms with van der Waals surface area (Å²) in [4.78, 5) is 17.5. The van der Waals surface area contributed by atoms with Crippen LogP contribution in [0.5, 0.6) is 5.75 Å². The first-order valence-corrected chi connectivity index (χ1v) is 14.2. The minimum Gasteiger partial charge on any atom is -0.497 e. The zero-order valence-electron chi connectivity index (χ0n) is 23.0. The van der Waals surface area contributed by atoms with E-state index in [-0.39, 0.29) is 21.7 Å². The third-order valence-electron chi connectivity index (χ3n) is 7.19. The van der Waals surface area contributed by atoms with Crippen LogP contribution in [0.1, 0.15) is 47.7 Å². The molecule has 0 N–H and O–H groups in total. The van der Waals surface area contributed by atoms with E-state index in [1.165, 1.54) is 0 Å². The van der Waals surface area contributed by atoms with Gasteiger partial charge in [0.25, 0.3) is 10.0 Å². The molecule has 202 valence electrons. The van der Waals surface area contributed by atoms with Crippen molar-refractivity contribution in [3.63, 3.8) is 0 Å². The van der Waals surface area contributed by atoms with E-state index in [1.807, 2.05) is 43.3 Å². The minimum absolute atomic E-state index is 0.0654. The average molecular weight is 545 g/mol. The lowest BCUT2D eigenvalue weighted by molar-refractivity contribution is 0.0911. The van der Waals surface area contributed by atoms with E-state index in [1.54, 1.807) is 49.9 Å². The number of ether oxygens (including phenoxy) is 1. The van der Waals surface area contributed by atoms with E-state index in [0.717, 1.165) is 34.1 Å². The number of hydrogen-bond donors (Lipinski definition) is 0. The van der Waals surface area contributed by atoms with Gasteiger partial charge >= 0.3 is 0 Å². The lowest BCUT2D eigenvalue weighted by Gasteiger charge is -2.30. The van der Waals surface area contributed by atoms with Crippen LogP contribution >= 0.6 is 0 Å². The number of carbonyl (C=O) groups excluding carboxylic acids is 1. The van der Waals surface area contributed by atoms with Crippen LogP contribution in [0.3, 0.4) is 0 Å². The third-order valence-corrected chi connectivity index (χ3v) is 8.46. The second kappa shape index (κ2) is 9.64. The van der Waals surface area contributed by atoms with Gasteiger partial charge in [-0.05, 0) is 91.9 Å². The first kappa shape index (κ1) is 26.6. The summed E-state index contributed by atoms with van der Waals surface area (Å²) in [6.07, 6.45) is 1.20. The van der Waals surface area contributed by atoms with Crippen LogP contribution in [0.2, 0.25) is 0 Å². The molecule has 0 radical (unpaired) electrons. The van der Waals surface area contributed by atoms with Crippen molar-refractivity contribution in [1.29, 1.82) is 0 Å². The Balaban J connectivity index is 1.63. The van der Waals surface area contributed by atoms with Crippen molar-refractivity contribution in [2.24, 2.45) is 16.9 Å². The smallest absolute Gasteiger partial charge is 0.285 e. The summed E-state index contributed by atoms with van der Waals surface area (Å²) in [6.45, 7) is 7.86. The normalized spacial score (nSPS) is 15.3. The fourth-order valence-corrected chi connectivity index (χ4v) is 6.08. The second-order valence-corrected chi connectivity index (χ2v) is 12.5. The number of rotatable bonds is 5. The molecule has 0 bridgehead atoms. The highest BCUT2D eigenvalue weighted by atomic mass is 32.2. The summed E-state index contributed by atoms with van der Waals surface area (Å²) < 4.78 is 39.4. The van der Waals surface area contributed by atoms with E-state index < -0.39 is 10.0 Å². The molecule has 0 aliphatic heterocycles. The van der Waals surface area contributed by atoms with Gasteiger partial charge in [-0.3, -0.25) is 4.79 Å². The number of benzene rings is 2. The Morgan fingerprint density at radius 2 is 1.64 bits per heavy atom. The van der Waals surface area contributed by atoms with Crippen LogP contribution in [0.25, 0.3) is 16.9 Å². The Morgan fingerprint density at radius 1 is 0.974 bits per heavy atom. The van der Waals surface area contributed by atoms with Gasteiger partial charge in [0.1, 0.15) is 5.75 Å². The molecular weight excluding hydrogens is 512 g/mol. The van der Waals surface area contributed by atoms with Gasteiger partial charge in [-0.2, -0.15) is 8.42 Å². The van der Waals surface area contributed by atoms with Crippen LogP contribution in [-0.2, 0) is 23.5 Å². The molecule has 5 rings (SSSR count). The fraction of sp³-hybridized carbons (Fsp3) is 0.300. The zero-order chi connectivity index (χ0) is 28.1. The van der Waals surface area contributed by atoms with Gasteiger partial charge in [0.2, 0.25) is 5.62 Å². The molecule has 9 heteroatoms. The largest absolute Gasteiger partial charge is 0.497 e. The number of aromatic nitrogens is 3. The number of nitrogens with zero attached hydrogens (tertiary/aromatic N) is 4. The molecule has 0 fully saturated rings. The number of fused-ring (bicyclic) bond motifs is 1. The van der Waals surface area contributed by atoms with Crippen molar-refractivity contribution in [3.05, 3.63) is 88.9 Å². The molecule has 0 saturated heterocycles. The number of carbonyl (C=O) groups is 1. The molecule has 8 nitrogen and oxygen atoms in total. The maximum Gasteiger partial charge on any atom is 0.285 e. The molecule has 1 aliphatic rings. The Bertz CT molecular complexity index is 1760. The molecule has 2 aromatic heterocycles. The van der Waals surface area contributed by atoms with Crippen LogP contribution < -0.4 is 10.4 Å². The van der Waals surface area contributed by atoms with Gasteiger partial charge in [0.15, 0.2) is 5.78 Å². The van der Waals surface area contributed by atoms with E-state index in [9.17, 15) is 13.2 Å². The molecular formula is C30H32N4O4S. The Morgan fingerprint density at radius 3 is 2.28 bits per heavy atom. The van der Waals surface area contributed by atoms with Crippen LogP contribution in [0.15, 0.2) is 70.0 Å². The predicted octanol–water partition coefficient (Wildman–Crippen LogP) is 4.95. The lowest BCUT2D eigenvalue weighted by Crippen LogP contribution is -2.27. The van der Waals surface area contributed by atoms with Crippen molar-refractivity contribution in [3.8, 4) is 22.7 Å². The fourth-order valence-electron chi connectivity index (χ4n) is 5.11. The first-order chi connectivity index (χ1) is 18.4. The quantitative estimate of drug-likeness (QED) is 0.354. The summed E-state index contributed by atoms with van der Waals surface area (Å²) in [5.74, 6) is 0.852. The van der Waals surface area contributed by atoms with E-state index >= 15 is 0 Å². The number of hydrogen-bond acceptors (Lipinski definition) is 5. The molecule has 4 aromatic rings. The molecule has 0 amide bonds. The molecule has 0 atom stereocenters. The van der Waals surface area contributed by atoms with E-state index in [2.05, 4.69) is 27.8 Å². The highest BCUT2D eigenvalue weighted by molar-refractivity contribution is 7.90. The standard InChI is InChI=1S/C30H32N4O4S/c1-19-15-20(2)33(5)29(31-19)32-39(36,37)24-13-9-22(10-14-24)34-26(21-7-11-23(38-6)12-8-21)16-25-27(34)17-30(3,4)18-28(25)35/h7-16H,17-18H2,1-6H3. The van der Waals surface area contributed by atoms with Gasteiger partial charge in [0, 0.05) is 41.8 Å². The molecule has 1 aliphatic carbocycles. The number of sulfonamides is 1. The van der Waals surface area contributed by atoms with Crippen molar-refractivity contribution in [2.45, 2.75) is 45.4 Å². The summed E-state index contributed by atoms with van der Waals surface area (Å²) in [5, 5.41) is 0. The predicted molar refractivity (Wildman–Crippen MR) is 150 cm³/mol. The Hall–Kier alpha value is -3.98. The van der Waals surface area contributed by atoms with Crippen molar-refractivity contribution in [2.75, 3.05) is 7.11 Å². The second-order valence-electron chi connectivity index (χ2n) is 10.9. The third kappa shape index (κ3) is 5.06. The summed E-state index contributed by atoms with van der Waals surface area (Å²) in [6, 6.07) is 18.1. The molecule has 0 spiro atoms. The monoisotopic (exact) mass is 544 g/mol.